The summed E-state index contributed by atoms with van der Waals surface area (Å²) in [7, 11) is 0. The number of aryl methyl sites for hydroxylation is 1. The summed E-state index contributed by atoms with van der Waals surface area (Å²) in [5.41, 5.74) is 1.25. The predicted molar refractivity (Wildman–Crippen MR) is 88.4 cm³/mol. The van der Waals surface area contributed by atoms with Crippen molar-refractivity contribution in [1.29, 1.82) is 0 Å². The van der Waals surface area contributed by atoms with E-state index in [9.17, 15) is 4.79 Å². The minimum Gasteiger partial charge on any atom is -0.338 e. The Morgan fingerprint density at radius 1 is 1.39 bits per heavy atom. The molecule has 2 aromatic rings. The summed E-state index contributed by atoms with van der Waals surface area (Å²) in [5, 5.41) is 0. The number of hydrogen-bond donors (Lipinski definition) is 0. The molecule has 3 rings (SSSR count). The summed E-state index contributed by atoms with van der Waals surface area (Å²) in [6, 6.07) is 3.95. The minimum atomic E-state index is 0.161. The number of carbonyl (C=O) groups is 1. The molecule has 122 valence electrons. The first-order valence-corrected chi connectivity index (χ1v) is 8.20. The van der Waals surface area contributed by atoms with Crippen LogP contribution in [0.25, 0.3) is 0 Å². The molecule has 1 aliphatic rings. The van der Waals surface area contributed by atoms with Crippen molar-refractivity contribution in [3.05, 3.63) is 48.8 Å². The maximum absolute atomic E-state index is 12.8. The molecule has 1 atom stereocenters. The van der Waals surface area contributed by atoms with Gasteiger partial charge in [-0.15, -0.1) is 0 Å². The maximum atomic E-state index is 12.8. The van der Waals surface area contributed by atoms with Gasteiger partial charge in [-0.05, 0) is 29.9 Å². The van der Waals surface area contributed by atoms with E-state index in [0.717, 1.165) is 31.5 Å². The van der Waals surface area contributed by atoms with Gasteiger partial charge < -0.3 is 9.47 Å². The molecule has 0 unspecified atom stereocenters. The SMILES string of the molecule is CC1(C)C[C@H]1C(=O)N(CCCn1ccnc1)Cc1cccnc1. The van der Waals surface area contributed by atoms with Gasteiger partial charge in [-0.2, -0.15) is 0 Å². The first-order chi connectivity index (χ1) is 11.1. The molecule has 1 aliphatic carbocycles. The third-order valence-electron chi connectivity index (χ3n) is 4.62. The van der Waals surface area contributed by atoms with Gasteiger partial charge in [-0.1, -0.05) is 19.9 Å². The van der Waals surface area contributed by atoms with E-state index in [4.69, 9.17) is 0 Å². The van der Waals surface area contributed by atoms with Crippen LogP contribution in [0.3, 0.4) is 0 Å². The Bertz CT molecular complexity index is 636. The summed E-state index contributed by atoms with van der Waals surface area (Å²) >= 11 is 0. The zero-order valence-corrected chi connectivity index (χ0v) is 13.9. The zero-order chi connectivity index (χ0) is 16.3. The van der Waals surface area contributed by atoms with Gasteiger partial charge >= 0.3 is 0 Å². The molecular formula is C18H24N4O. The molecule has 2 aromatic heterocycles. The highest BCUT2D eigenvalue weighted by molar-refractivity contribution is 5.82. The second kappa shape index (κ2) is 6.52. The van der Waals surface area contributed by atoms with Gasteiger partial charge in [0.1, 0.15) is 0 Å². The third-order valence-corrected chi connectivity index (χ3v) is 4.62. The standard InChI is InChI=1S/C18H24N4O/c1-18(2)11-16(18)17(23)22(13-15-5-3-6-19-12-15)9-4-8-21-10-7-20-14-21/h3,5-7,10,12,14,16H,4,8-9,11,13H2,1-2H3/t16-/m0/s1. The van der Waals surface area contributed by atoms with Gasteiger partial charge in [0.15, 0.2) is 0 Å². The Morgan fingerprint density at radius 3 is 2.83 bits per heavy atom. The number of rotatable bonds is 7. The molecule has 5 heteroatoms. The smallest absolute Gasteiger partial charge is 0.226 e. The molecule has 1 saturated carbocycles. The average Bonchev–Trinajstić information content (AvgIpc) is 2.95. The van der Waals surface area contributed by atoms with E-state index >= 15 is 0 Å². The van der Waals surface area contributed by atoms with E-state index in [1.165, 1.54) is 0 Å². The lowest BCUT2D eigenvalue weighted by Crippen LogP contribution is -2.34. The molecule has 5 nitrogen and oxygen atoms in total. The number of pyridine rings is 1. The molecule has 0 saturated heterocycles. The van der Waals surface area contributed by atoms with Gasteiger partial charge in [0.2, 0.25) is 5.91 Å². The Hall–Kier alpha value is -2.17. The molecule has 23 heavy (non-hydrogen) atoms. The molecule has 0 radical (unpaired) electrons. The summed E-state index contributed by atoms with van der Waals surface area (Å²) in [4.78, 5) is 23.0. The first kappa shape index (κ1) is 15.7. The Morgan fingerprint density at radius 2 is 2.22 bits per heavy atom. The largest absolute Gasteiger partial charge is 0.338 e. The lowest BCUT2D eigenvalue weighted by molar-refractivity contribution is -0.134. The van der Waals surface area contributed by atoms with E-state index in [2.05, 4.69) is 23.8 Å². The van der Waals surface area contributed by atoms with E-state index in [0.29, 0.717) is 6.54 Å². The van der Waals surface area contributed by atoms with Crippen molar-refractivity contribution in [2.75, 3.05) is 6.54 Å². The predicted octanol–water partition coefficient (Wildman–Crippen LogP) is 2.74. The van der Waals surface area contributed by atoms with Gasteiger partial charge in [-0.3, -0.25) is 9.78 Å². The molecule has 0 aromatic carbocycles. The fraction of sp³-hybridized carbons (Fsp3) is 0.500. The fourth-order valence-corrected chi connectivity index (χ4v) is 2.95. The van der Waals surface area contributed by atoms with Gasteiger partial charge in [0.25, 0.3) is 0 Å². The quantitative estimate of drug-likeness (QED) is 0.790. The summed E-state index contributed by atoms with van der Waals surface area (Å²) in [6.07, 6.45) is 11.1. The van der Waals surface area contributed by atoms with Crippen LogP contribution in [0, 0.1) is 11.3 Å². The van der Waals surface area contributed by atoms with Crippen LogP contribution >= 0.6 is 0 Å². The summed E-state index contributed by atoms with van der Waals surface area (Å²) < 4.78 is 2.05. The van der Waals surface area contributed by atoms with Crippen molar-refractivity contribution in [3.8, 4) is 0 Å². The van der Waals surface area contributed by atoms with Gasteiger partial charge in [0, 0.05) is 50.3 Å². The third kappa shape index (κ3) is 3.97. The van der Waals surface area contributed by atoms with Crippen LogP contribution in [-0.4, -0.2) is 31.9 Å². The second-order valence-electron chi connectivity index (χ2n) is 7.02. The average molecular weight is 312 g/mol. The normalized spacial score (nSPS) is 18.6. The molecule has 2 heterocycles. The fourth-order valence-electron chi connectivity index (χ4n) is 2.95. The molecule has 0 N–H and O–H groups in total. The van der Waals surface area contributed by atoms with Crippen molar-refractivity contribution >= 4 is 5.91 Å². The second-order valence-corrected chi connectivity index (χ2v) is 7.02. The van der Waals surface area contributed by atoms with Crippen molar-refractivity contribution in [1.82, 2.24) is 19.4 Å². The molecule has 0 bridgehead atoms. The monoisotopic (exact) mass is 312 g/mol. The lowest BCUT2D eigenvalue weighted by atomic mass is 10.1. The Kier molecular flexibility index (Phi) is 4.46. The maximum Gasteiger partial charge on any atom is 0.226 e. The molecule has 0 aliphatic heterocycles. The summed E-state index contributed by atoms with van der Waals surface area (Å²) in [6.45, 7) is 6.62. The highest BCUT2D eigenvalue weighted by Crippen LogP contribution is 2.52. The van der Waals surface area contributed by atoms with Crippen LogP contribution in [0.15, 0.2) is 43.2 Å². The topological polar surface area (TPSA) is 51.0 Å². The van der Waals surface area contributed by atoms with Crippen molar-refractivity contribution in [2.45, 2.75) is 39.8 Å². The first-order valence-electron chi connectivity index (χ1n) is 8.20. The van der Waals surface area contributed by atoms with E-state index in [-0.39, 0.29) is 17.2 Å². The highest BCUT2D eigenvalue weighted by atomic mass is 16.2. The van der Waals surface area contributed by atoms with E-state index in [1.54, 1.807) is 12.4 Å². The van der Waals surface area contributed by atoms with Crippen LogP contribution in [-0.2, 0) is 17.9 Å². The highest BCUT2D eigenvalue weighted by Gasteiger charge is 2.51. The van der Waals surface area contributed by atoms with Crippen LogP contribution in [0.2, 0.25) is 0 Å². The van der Waals surface area contributed by atoms with Crippen LogP contribution in [0.1, 0.15) is 32.3 Å². The van der Waals surface area contributed by atoms with Gasteiger partial charge in [-0.25, -0.2) is 4.98 Å². The number of aromatic nitrogens is 3. The number of carbonyl (C=O) groups excluding carboxylic acids is 1. The molecular weight excluding hydrogens is 288 g/mol. The summed E-state index contributed by atoms with van der Waals surface area (Å²) in [5.74, 6) is 0.455. The molecule has 1 amide bonds. The lowest BCUT2D eigenvalue weighted by Gasteiger charge is -2.24. The van der Waals surface area contributed by atoms with Crippen molar-refractivity contribution in [3.63, 3.8) is 0 Å². The Balaban J connectivity index is 1.62. The number of hydrogen-bond acceptors (Lipinski definition) is 3. The zero-order valence-electron chi connectivity index (χ0n) is 13.9. The molecule has 0 spiro atoms. The van der Waals surface area contributed by atoms with Gasteiger partial charge in [0.05, 0.1) is 6.33 Å². The van der Waals surface area contributed by atoms with Crippen molar-refractivity contribution in [2.24, 2.45) is 11.3 Å². The minimum absolute atomic E-state index is 0.161. The van der Waals surface area contributed by atoms with Crippen molar-refractivity contribution < 1.29 is 4.79 Å². The number of nitrogens with zero attached hydrogens (tertiary/aromatic N) is 4. The molecule has 1 fully saturated rings. The number of imidazole rings is 1. The van der Waals surface area contributed by atoms with E-state index < -0.39 is 0 Å². The van der Waals surface area contributed by atoms with Crippen LogP contribution in [0.5, 0.6) is 0 Å². The van der Waals surface area contributed by atoms with Crippen LogP contribution in [0.4, 0.5) is 0 Å². The van der Waals surface area contributed by atoms with E-state index in [1.807, 2.05) is 40.3 Å². The van der Waals surface area contributed by atoms with Crippen LogP contribution < -0.4 is 0 Å². The Labute approximate surface area is 137 Å². The number of amides is 1.